The van der Waals surface area contributed by atoms with Gasteiger partial charge in [0.25, 0.3) is 0 Å². The van der Waals surface area contributed by atoms with E-state index in [1.165, 1.54) is 0 Å². The van der Waals surface area contributed by atoms with E-state index in [0.29, 0.717) is 32.4 Å². The van der Waals surface area contributed by atoms with Crippen LogP contribution in [0, 0.1) is 5.92 Å². The molecule has 5 nitrogen and oxygen atoms in total. The van der Waals surface area contributed by atoms with Crippen LogP contribution in [0.2, 0.25) is 0 Å². The van der Waals surface area contributed by atoms with Gasteiger partial charge in [-0.3, -0.25) is 9.59 Å². The number of aliphatic carboxylic acids is 1. The van der Waals surface area contributed by atoms with Crippen molar-refractivity contribution in [3.8, 4) is 0 Å². The van der Waals surface area contributed by atoms with Crippen molar-refractivity contribution in [2.24, 2.45) is 5.92 Å². The molecule has 1 aliphatic rings. The minimum absolute atomic E-state index is 0.00622. The molecule has 0 bridgehead atoms. The van der Waals surface area contributed by atoms with Crippen LogP contribution in [0.4, 0.5) is 0 Å². The summed E-state index contributed by atoms with van der Waals surface area (Å²) in [5, 5.41) is 11.5. The molecular formula is C12H21NO4. The van der Waals surface area contributed by atoms with Gasteiger partial charge in [0, 0.05) is 13.0 Å². The number of carbonyl (C=O) groups is 2. The molecular weight excluding hydrogens is 222 g/mol. The standard InChI is InChI=1S/C12H21NO4/c1-2-13-11(14)7-8-17-10-5-3-9(4-6-10)12(15)16/h9-10H,2-8H2,1H3,(H,13,14)(H,15,16). The predicted octanol–water partition coefficient (Wildman–Crippen LogP) is 1.17. The Labute approximate surface area is 102 Å². The molecule has 0 radical (unpaired) electrons. The minimum atomic E-state index is -0.703. The number of carboxylic acids is 1. The highest BCUT2D eigenvalue weighted by Crippen LogP contribution is 2.26. The third-order valence-corrected chi connectivity index (χ3v) is 3.08. The monoisotopic (exact) mass is 243 g/mol. The molecule has 0 aromatic heterocycles. The van der Waals surface area contributed by atoms with E-state index in [1.807, 2.05) is 6.92 Å². The van der Waals surface area contributed by atoms with E-state index in [9.17, 15) is 9.59 Å². The SMILES string of the molecule is CCNC(=O)CCOC1CCC(C(=O)O)CC1. The molecule has 0 heterocycles. The molecule has 1 aliphatic carbocycles. The van der Waals surface area contributed by atoms with Crippen molar-refractivity contribution in [2.45, 2.75) is 45.1 Å². The van der Waals surface area contributed by atoms with Gasteiger partial charge in [-0.05, 0) is 32.6 Å². The Morgan fingerprint density at radius 2 is 1.94 bits per heavy atom. The maximum absolute atomic E-state index is 11.2. The van der Waals surface area contributed by atoms with Crippen LogP contribution in [0.15, 0.2) is 0 Å². The number of hydrogen-bond donors (Lipinski definition) is 2. The normalized spacial score (nSPS) is 24.3. The highest BCUT2D eigenvalue weighted by Gasteiger charge is 2.26. The number of nitrogens with one attached hydrogen (secondary N) is 1. The van der Waals surface area contributed by atoms with Gasteiger partial charge >= 0.3 is 5.97 Å². The largest absolute Gasteiger partial charge is 0.481 e. The average Bonchev–Trinajstić information content (AvgIpc) is 2.30. The highest BCUT2D eigenvalue weighted by atomic mass is 16.5. The van der Waals surface area contributed by atoms with Gasteiger partial charge in [-0.15, -0.1) is 0 Å². The minimum Gasteiger partial charge on any atom is -0.481 e. The fraction of sp³-hybridized carbons (Fsp3) is 0.833. The van der Waals surface area contributed by atoms with Crippen molar-refractivity contribution in [1.82, 2.24) is 5.32 Å². The second kappa shape index (κ2) is 7.27. The van der Waals surface area contributed by atoms with Crippen LogP contribution in [-0.2, 0) is 14.3 Å². The number of carboxylic acid groups (broad SMARTS) is 1. The summed E-state index contributed by atoms with van der Waals surface area (Å²) in [5.74, 6) is -0.907. The molecule has 1 amide bonds. The van der Waals surface area contributed by atoms with Gasteiger partial charge < -0.3 is 15.2 Å². The Morgan fingerprint density at radius 3 is 2.47 bits per heavy atom. The van der Waals surface area contributed by atoms with Crippen molar-refractivity contribution in [3.63, 3.8) is 0 Å². The van der Waals surface area contributed by atoms with Crippen LogP contribution >= 0.6 is 0 Å². The van der Waals surface area contributed by atoms with Crippen LogP contribution in [0.5, 0.6) is 0 Å². The van der Waals surface area contributed by atoms with Gasteiger partial charge in [0.15, 0.2) is 0 Å². The van der Waals surface area contributed by atoms with E-state index in [1.54, 1.807) is 0 Å². The lowest BCUT2D eigenvalue weighted by atomic mass is 9.87. The van der Waals surface area contributed by atoms with Crippen LogP contribution in [-0.4, -0.2) is 36.2 Å². The lowest BCUT2D eigenvalue weighted by molar-refractivity contribution is -0.143. The van der Waals surface area contributed by atoms with Gasteiger partial charge in [-0.25, -0.2) is 0 Å². The van der Waals surface area contributed by atoms with Crippen LogP contribution in [0.3, 0.4) is 0 Å². The lowest BCUT2D eigenvalue weighted by Crippen LogP contribution is -2.28. The number of amides is 1. The summed E-state index contributed by atoms with van der Waals surface area (Å²) in [6.07, 6.45) is 3.44. The van der Waals surface area contributed by atoms with Crippen molar-refractivity contribution in [1.29, 1.82) is 0 Å². The molecule has 98 valence electrons. The van der Waals surface area contributed by atoms with Crippen LogP contribution in [0.1, 0.15) is 39.0 Å². The molecule has 0 aromatic carbocycles. The molecule has 0 aromatic rings. The van der Waals surface area contributed by atoms with Crippen molar-refractivity contribution >= 4 is 11.9 Å². The second-order valence-corrected chi connectivity index (χ2v) is 4.39. The summed E-state index contributed by atoms with van der Waals surface area (Å²) >= 11 is 0. The lowest BCUT2D eigenvalue weighted by Gasteiger charge is -2.26. The van der Waals surface area contributed by atoms with Gasteiger partial charge in [0.05, 0.1) is 18.6 Å². The van der Waals surface area contributed by atoms with Gasteiger partial charge in [-0.2, -0.15) is 0 Å². The first-order chi connectivity index (χ1) is 8.13. The quantitative estimate of drug-likeness (QED) is 0.734. The summed E-state index contributed by atoms with van der Waals surface area (Å²) in [6.45, 7) is 2.95. The zero-order valence-corrected chi connectivity index (χ0v) is 10.3. The van der Waals surface area contributed by atoms with Crippen LogP contribution in [0.25, 0.3) is 0 Å². The van der Waals surface area contributed by atoms with Crippen molar-refractivity contribution in [3.05, 3.63) is 0 Å². The molecule has 1 rings (SSSR count). The Hall–Kier alpha value is -1.10. The van der Waals surface area contributed by atoms with Gasteiger partial charge in [0.2, 0.25) is 5.91 Å². The fourth-order valence-corrected chi connectivity index (χ4v) is 2.08. The van der Waals surface area contributed by atoms with E-state index >= 15 is 0 Å². The topological polar surface area (TPSA) is 75.6 Å². The number of carbonyl (C=O) groups excluding carboxylic acids is 1. The molecule has 2 N–H and O–H groups in total. The highest BCUT2D eigenvalue weighted by molar-refractivity contribution is 5.75. The van der Waals surface area contributed by atoms with Crippen molar-refractivity contribution in [2.75, 3.05) is 13.2 Å². The van der Waals surface area contributed by atoms with E-state index in [0.717, 1.165) is 12.8 Å². The van der Waals surface area contributed by atoms with Gasteiger partial charge in [0.1, 0.15) is 0 Å². The molecule has 0 saturated heterocycles. The zero-order valence-electron chi connectivity index (χ0n) is 10.3. The Morgan fingerprint density at radius 1 is 1.29 bits per heavy atom. The first-order valence-electron chi connectivity index (χ1n) is 6.24. The Bertz CT molecular complexity index is 259. The number of rotatable bonds is 6. The first kappa shape index (κ1) is 14.0. The maximum atomic E-state index is 11.2. The zero-order chi connectivity index (χ0) is 12.7. The Kier molecular flexibility index (Phi) is 5.97. The smallest absolute Gasteiger partial charge is 0.306 e. The summed E-state index contributed by atoms with van der Waals surface area (Å²) in [6, 6.07) is 0. The predicted molar refractivity (Wildman–Crippen MR) is 62.6 cm³/mol. The number of hydrogen-bond acceptors (Lipinski definition) is 3. The van der Waals surface area contributed by atoms with Crippen molar-refractivity contribution < 1.29 is 19.4 Å². The number of ether oxygens (including phenoxy) is 1. The molecule has 5 heteroatoms. The van der Waals surface area contributed by atoms with E-state index in [-0.39, 0.29) is 17.9 Å². The molecule has 0 aliphatic heterocycles. The summed E-state index contributed by atoms with van der Waals surface area (Å²) in [7, 11) is 0. The van der Waals surface area contributed by atoms with E-state index in [2.05, 4.69) is 5.32 Å². The summed E-state index contributed by atoms with van der Waals surface area (Å²) in [5.41, 5.74) is 0. The fourth-order valence-electron chi connectivity index (χ4n) is 2.08. The molecule has 1 saturated carbocycles. The molecule has 0 spiro atoms. The summed E-state index contributed by atoms with van der Waals surface area (Å²) in [4.78, 5) is 21.9. The third-order valence-electron chi connectivity index (χ3n) is 3.08. The molecule has 17 heavy (non-hydrogen) atoms. The summed E-state index contributed by atoms with van der Waals surface area (Å²) < 4.78 is 5.57. The third kappa shape index (κ3) is 5.17. The average molecular weight is 243 g/mol. The van der Waals surface area contributed by atoms with Crippen LogP contribution < -0.4 is 5.32 Å². The van der Waals surface area contributed by atoms with Gasteiger partial charge in [-0.1, -0.05) is 0 Å². The molecule has 0 unspecified atom stereocenters. The molecule has 0 atom stereocenters. The first-order valence-corrected chi connectivity index (χ1v) is 6.24. The van der Waals surface area contributed by atoms with E-state index in [4.69, 9.17) is 9.84 Å². The molecule has 1 fully saturated rings. The van der Waals surface area contributed by atoms with E-state index < -0.39 is 5.97 Å². The maximum Gasteiger partial charge on any atom is 0.306 e. The Balaban J connectivity index is 2.10. The second-order valence-electron chi connectivity index (χ2n) is 4.39.